The Morgan fingerprint density at radius 1 is 1.21 bits per heavy atom. The second kappa shape index (κ2) is 12.0. The zero-order chi connectivity index (χ0) is 24.0. The Balaban J connectivity index is 1.76. The average molecular weight is 614 g/mol. The number of hydrogen-bond donors (Lipinski definition) is 1. The molecule has 33 heavy (non-hydrogen) atoms. The van der Waals surface area contributed by atoms with E-state index in [1.807, 2.05) is 6.07 Å². The Kier molecular flexibility index (Phi) is 9.37. The third-order valence-corrected chi connectivity index (χ3v) is 7.08. The van der Waals surface area contributed by atoms with E-state index in [0.29, 0.717) is 28.6 Å². The largest absolute Gasteiger partial charge is 0.493 e. The number of unbranched alkanes of at least 4 members (excludes halogenated alkanes) is 2. The number of ether oxygens (including phenoxy) is 2. The number of hydrazine groups is 1. The van der Waals surface area contributed by atoms with Crippen LogP contribution in [0.4, 0.5) is 0 Å². The Bertz CT molecular complexity index is 1090. The second-order valence-electron chi connectivity index (χ2n) is 7.05. The van der Waals surface area contributed by atoms with Crippen molar-refractivity contribution in [1.29, 1.82) is 0 Å². The monoisotopic (exact) mass is 612 g/mol. The molecule has 1 N–H and O–H groups in total. The molecular formula is C23H22Br2N2O4S2. The summed E-state index contributed by atoms with van der Waals surface area (Å²) in [4.78, 5) is 25.8. The molecular weight excluding hydrogens is 592 g/mol. The minimum absolute atomic E-state index is 0.249. The summed E-state index contributed by atoms with van der Waals surface area (Å²) in [6.07, 6.45) is 4.88. The van der Waals surface area contributed by atoms with Crippen LogP contribution in [0.15, 0.2) is 50.2 Å². The van der Waals surface area contributed by atoms with E-state index in [0.717, 1.165) is 50.5 Å². The molecule has 1 fully saturated rings. The molecule has 10 heteroatoms. The minimum atomic E-state index is -0.422. The zero-order valence-electron chi connectivity index (χ0n) is 18.0. The predicted molar refractivity (Wildman–Crippen MR) is 142 cm³/mol. The molecule has 1 aliphatic heterocycles. The zero-order valence-corrected chi connectivity index (χ0v) is 22.8. The van der Waals surface area contributed by atoms with Crippen molar-refractivity contribution >= 4 is 78.1 Å². The second-order valence-corrected chi connectivity index (χ2v) is 10.5. The summed E-state index contributed by atoms with van der Waals surface area (Å²) in [6, 6.07) is 10.5. The third-order valence-electron chi connectivity index (χ3n) is 4.66. The number of thioether (sulfide) groups is 1. The first-order valence-corrected chi connectivity index (χ1v) is 13.0. The quantitative estimate of drug-likeness (QED) is 0.202. The fraction of sp³-hybridized carbons (Fsp3) is 0.261. The number of nitrogens with zero attached hydrogens (tertiary/aromatic N) is 1. The molecule has 0 bridgehead atoms. The van der Waals surface area contributed by atoms with Gasteiger partial charge in [0.15, 0.2) is 15.8 Å². The molecule has 0 saturated carbocycles. The summed E-state index contributed by atoms with van der Waals surface area (Å²) in [5.74, 6) is 0.366. The lowest BCUT2D eigenvalue weighted by Gasteiger charge is -2.15. The molecule has 2 aromatic rings. The molecule has 1 heterocycles. The van der Waals surface area contributed by atoms with E-state index >= 15 is 0 Å². The van der Waals surface area contributed by atoms with Gasteiger partial charge in [-0.3, -0.25) is 15.0 Å². The number of methoxy groups -OCH3 is 1. The Labute approximate surface area is 219 Å². The molecule has 0 aliphatic carbocycles. The molecule has 6 nitrogen and oxygen atoms in total. The van der Waals surface area contributed by atoms with E-state index in [1.54, 1.807) is 43.5 Å². The van der Waals surface area contributed by atoms with E-state index in [1.165, 1.54) is 0 Å². The topological polar surface area (TPSA) is 67.9 Å². The van der Waals surface area contributed by atoms with Gasteiger partial charge in [0, 0.05) is 10.0 Å². The molecule has 1 saturated heterocycles. The number of hydrogen-bond acceptors (Lipinski definition) is 6. The minimum Gasteiger partial charge on any atom is -0.493 e. The van der Waals surface area contributed by atoms with E-state index in [4.69, 9.17) is 21.7 Å². The Hall–Kier alpha value is -1.88. The van der Waals surface area contributed by atoms with Crippen molar-refractivity contribution in [2.75, 3.05) is 13.7 Å². The smallest absolute Gasteiger partial charge is 0.285 e. The van der Waals surface area contributed by atoms with Crippen LogP contribution in [0, 0.1) is 0 Å². The normalized spacial score (nSPS) is 14.7. The van der Waals surface area contributed by atoms with Crippen LogP contribution >= 0.6 is 55.8 Å². The van der Waals surface area contributed by atoms with Gasteiger partial charge in [-0.1, -0.05) is 47.5 Å². The fourth-order valence-electron chi connectivity index (χ4n) is 2.97. The van der Waals surface area contributed by atoms with Crippen molar-refractivity contribution in [2.45, 2.75) is 26.2 Å². The molecule has 0 unspecified atom stereocenters. The van der Waals surface area contributed by atoms with Crippen molar-refractivity contribution < 1.29 is 19.1 Å². The molecule has 2 amide bonds. The third kappa shape index (κ3) is 6.59. The lowest BCUT2D eigenvalue weighted by Crippen LogP contribution is -2.44. The highest BCUT2D eigenvalue weighted by Gasteiger charge is 2.34. The summed E-state index contributed by atoms with van der Waals surface area (Å²) >= 11 is 13.3. The van der Waals surface area contributed by atoms with Gasteiger partial charge >= 0.3 is 0 Å². The van der Waals surface area contributed by atoms with Crippen molar-refractivity contribution in [3.05, 3.63) is 61.4 Å². The van der Waals surface area contributed by atoms with Gasteiger partial charge in [0.2, 0.25) is 0 Å². The maximum atomic E-state index is 12.9. The number of rotatable bonds is 9. The van der Waals surface area contributed by atoms with Crippen LogP contribution in [0.1, 0.15) is 42.1 Å². The van der Waals surface area contributed by atoms with Crippen LogP contribution in [0.5, 0.6) is 11.5 Å². The number of thiocarbonyl (C=S) groups is 1. The molecule has 3 rings (SSSR count). The van der Waals surface area contributed by atoms with Gasteiger partial charge in [0.25, 0.3) is 11.8 Å². The first kappa shape index (κ1) is 25.7. The van der Waals surface area contributed by atoms with Crippen molar-refractivity contribution in [3.63, 3.8) is 0 Å². The highest BCUT2D eigenvalue weighted by atomic mass is 79.9. The molecule has 174 valence electrons. The average Bonchev–Trinajstić information content (AvgIpc) is 3.05. The maximum absolute atomic E-state index is 12.9. The number of halogens is 2. The number of carbonyl (C=O) groups is 2. The standard InChI is InChI=1S/C23H22Br2N2O4S2/c1-3-4-5-10-31-20-17(25)11-14(12-18(20)30-2)13-19-22(29)27(23(32)33-19)26-21(28)15-6-8-16(24)9-7-15/h6-9,11-13H,3-5,10H2,1-2H3,(H,26,28)/b19-13-. The number of nitrogens with one attached hydrogen (secondary N) is 1. The van der Waals surface area contributed by atoms with Gasteiger partial charge < -0.3 is 9.47 Å². The fourth-order valence-corrected chi connectivity index (χ4v) is 4.99. The van der Waals surface area contributed by atoms with Crippen LogP contribution in [-0.2, 0) is 4.79 Å². The van der Waals surface area contributed by atoms with E-state index in [2.05, 4.69) is 44.2 Å². The lowest BCUT2D eigenvalue weighted by molar-refractivity contribution is -0.123. The van der Waals surface area contributed by atoms with Gasteiger partial charge in [0.1, 0.15) is 0 Å². The van der Waals surface area contributed by atoms with Crippen molar-refractivity contribution in [1.82, 2.24) is 10.4 Å². The van der Waals surface area contributed by atoms with Gasteiger partial charge in [-0.25, -0.2) is 0 Å². The summed E-state index contributed by atoms with van der Waals surface area (Å²) in [7, 11) is 1.57. The first-order chi connectivity index (χ1) is 15.8. The van der Waals surface area contributed by atoms with Gasteiger partial charge in [0.05, 0.1) is 23.1 Å². The van der Waals surface area contributed by atoms with Gasteiger partial charge in [-0.05, 0) is 82.6 Å². The first-order valence-electron chi connectivity index (χ1n) is 10.2. The molecule has 2 aromatic carbocycles. The van der Waals surface area contributed by atoms with Crippen LogP contribution in [-0.4, -0.2) is 34.9 Å². The highest BCUT2D eigenvalue weighted by Crippen LogP contribution is 2.39. The Morgan fingerprint density at radius 3 is 2.61 bits per heavy atom. The van der Waals surface area contributed by atoms with E-state index in [9.17, 15) is 9.59 Å². The molecule has 0 radical (unpaired) electrons. The summed E-state index contributed by atoms with van der Waals surface area (Å²) < 4.78 is 13.2. The summed E-state index contributed by atoms with van der Waals surface area (Å²) in [5, 5.41) is 1.09. The van der Waals surface area contributed by atoms with Crippen LogP contribution in [0.2, 0.25) is 0 Å². The lowest BCUT2D eigenvalue weighted by atomic mass is 10.2. The van der Waals surface area contributed by atoms with Crippen LogP contribution in [0.3, 0.4) is 0 Å². The predicted octanol–water partition coefficient (Wildman–Crippen LogP) is 6.34. The molecule has 0 spiro atoms. The summed E-state index contributed by atoms with van der Waals surface area (Å²) in [6.45, 7) is 2.74. The van der Waals surface area contributed by atoms with Gasteiger partial charge in [-0.15, -0.1) is 0 Å². The molecule has 0 atom stereocenters. The maximum Gasteiger partial charge on any atom is 0.285 e. The number of amides is 2. The van der Waals surface area contributed by atoms with Crippen LogP contribution in [0.25, 0.3) is 6.08 Å². The van der Waals surface area contributed by atoms with Crippen LogP contribution < -0.4 is 14.9 Å². The number of carbonyl (C=O) groups excluding carboxylic acids is 2. The highest BCUT2D eigenvalue weighted by molar-refractivity contribution is 9.10. The molecule has 1 aliphatic rings. The van der Waals surface area contributed by atoms with E-state index < -0.39 is 11.8 Å². The Morgan fingerprint density at radius 2 is 1.94 bits per heavy atom. The number of benzene rings is 2. The SMILES string of the molecule is CCCCCOc1c(Br)cc(/C=C2\SC(=S)N(NC(=O)c3ccc(Br)cc3)C2=O)cc1OC. The van der Waals surface area contributed by atoms with Gasteiger partial charge in [-0.2, -0.15) is 5.01 Å². The molecule has 0 aromatic heterocycles. The summed E-state index contributed by atoms with van der Waals surface area (Å²) in [5.41, 5.74) is 3.73. The van der Waals surface area contributed by atoms with E-state index in [-0.39, 0.29) is 4.32 Å². The van der Waals surface area contributed by atoms with Crippen molar-refractivity contribution in [2.24, 2.45) is 0 Å². The van der Waals surface area contributed by atoms with Crippen molar-refractivity contribution in [3.8, 4) is 11.5 Å².